The summed E-state index contributed by atoms with van der Waals surface area (Å²) in [6, 6.07) is 9.25. The number of benzene rings is 1. The highest BCUT2D eigenvalue weighted by atomic mass is 16.4. The van der Waals surface area contributed by atoms with Gasteiger partial charge < -0.3 is 10.4 Å². The summed E-state index contributed by atoms with van der Waals surface area (Å²) < 4.78 is 0. The molecule has 0 bridgehead atoms. The second-order valence-electron chi connectivity index (χ2n) is 4.23. The van der Waals surface area contributed by atoms with Crippen LogP contribution in [0.2, 0.25) is 0 Å². The highest BCUT2D eigenvalue weighted by molar-refractivity contribution is 5.87. The Kier molecular flexibility index (Phi) is 6.29. The van der Waals surface area contributed by atoms with Gasteiger partial charge in [0.15, 0.2) is 5.78 Å². The number of rotatable bonds is 8. The second kappa shape index (κ2) is 8.02. The van der Waals surface area contributed by atoms with Gasteiger partial charge in [0.25, 0.3) is 0 Å². The summed E-state index contributed by atoms with van der Waals surface area (Å²) >= 11 is 0. The monoisotopic (exact) mass is 263 g/mol. The molecule has 0 saturated carbocycles. The van der Waals surface area contributed by atoms with Gasteiger partial charge in [0.05, 0.1) is 13.0 Å². The molecule has 1 aromatic rings. The third-order valence-electron chi connectivity index (χ3n) is 2.54. The van der Waals surface area contributed by atoms with E-state index in [1.807, 2.05) is 30.3 Å². The molecular weight excluding hydrogens is 246 g/mol. The van der Waals surface area contributed by atoms with E-state index in [9.17, 15) is 14.4 Å². The summed E-state index contributed by atoms with van der Waals surface area (Å²) in [5.74, 6) is -1.28. The van der Waals surface area contributed by atoms with E-state index >= 15 is 0 Å². The Morgan fingerprint density at radius 1 is 1.05 bits per heavy atom. The Bertz CT molecular complexity index is 442. The van der Waals surface area contributed by atoms with Gasteiger partial charge in [-0.05, 0) is 12.0 Å². The summed E-state index contributed by atoms with van der Waals surface area (Å²) in [5, 5.41) is 11.0. The zero-order valence-electron chi connectivity index (χ0n) is 10.6. The molecule has 0 aromatic heterocycles. The van der Waals surface area contributed by atoms with Crippen molar-refractivity contribution in [1.29, 1.82) is 0 Å². The fourth-order valence-electron chi connectivity index (χ4n) is 1.57. The molecule has 5 heteroatoms. The van der Waals surface area contributed by atoms with Crippen molar-refractivity contribution in [2.24, 2.45) is 0 Å². The molecular formula is C14H17NO4. The molecule has 19 heavy (non-hydrogen) atoms. The van der Waals surface area contributed by atoms with Gasteiger partial charge in [-0.2, -0.15) is 0 Å². The molecule has 102 valence electrons. The van der Waals surface area contributed by atoms with Crippen LogP contribution in [0.1, 0.15) is 24.8 Å². The lowest BCUT2D eigenvalue weighted by Crippen LogP contribution is -2.30. The third kappa shape index (κ3) is 6.98. The van der Waals surface area contributed by atoms with Crippen LogP contribution in [0, 0.1) is 0 Å². The lowest BCUT2D eigenvalue weighted by atomic mass is 10.1. The Morgan fingerprint density at radius 3 is 2.37 bits per heavy atom. The van der Waals surface area contributed by atoms with Crippen molar-refractivity contribution in [2.45, 2.75) is 25.7 Å². The normalized spacial score (nSPS) is 9.89. The molecule has 0 fully saturated rings. The van der Waals surface area contributed by atoms with Gasteiger partial charge in [-0.1, -0.05) is 30.3 Å². The molecule has 0 spiro atoms. The minimum Gasteiger partial charge on any atom is -0.481 e. The highest BCUT2D eigenvalue weighted by Gasteiger charge is 2.07. The molecule has 0 radical (unpaired) electrons. The Morgan fingerprint density at radius 2 is 1.74 bits per heavy atom. The maximum atomic E-state index is 11.5. The predicted octanol–water partition coefficient (Wildman–Crippen LogP) is 1.17. The summed E-state index contributed by atoms with van der Waals surface area (Å²) in [7, 11) is 0. The quantitative estimate of drug-likeness (QED) is 0.737. The van der Waals surface area contributed by atoms with Gasteiger partial charge in [-0.15, -0.1) is 0 Å². The van der Waals surface area contributed by atoms with Crippen molar-refractivity contribution in [1.82, 2.24) is 5.32 Å². The molecule has 0 unspecified atom stereocenters. The number of hydrogen-bond acceptors (Lipinski definition) is 3. The zero-order chi connectivity index (χ0) is 14.1. The van der Waals surface area contributed by atoms with Crippen LogP contribution in [-0.4, -0.2) is 29.3 Å². The summed E-state index contributed by atoms with van der Waals surface area (Å²) in [6.07, 6.45) is 0.702. The van der Waals surface area contributed by atoms with Crippen LogP contribution in [0.5, 0.6) is 0 Å². The average molecular weight is 263 g/mol. The van der Waals surface area contributed by atoms with Crippen LogP contribution in [0.4, 0.5) is 0 Å². The van der Waals surface area contributed by atoms with Gasteiger partial charge in [0.1, 0.15) is 0 Å². The van der Waals surface area contributed by atoms with Crippen LogP contribution in [0.15, 0.2) is 30.3 Å². The number of carbonyl (C=O) groups excluding carboxylic acids is 2. The van der Waals surface area contributed by atoms with Crippen molar-refractivity contribution in [3.8, 4) is 0 Å². The van der Waals surface area contributed by atoms with Gasteiger partial charge >= 0.3 is 5.97 Å². The number of ketones is 1. The topological polar surface area (TPSA) is 83.5 Å². The minimum absolute atomic E-state index is 0.0241. The lowest BCUT2D eigenvalue weighted by molar-refractivity contribution is -0.137. The van der Waals surface area contributed by atoms with Crippen molar-refractivity contribution < 1.29 is 19.5 Å². The molecule has 2 N–H and O–H groups in total. The van der Waals surface area contributed by atoms with E-state index in [4.69, 9.17) is 5.11 Å². The van der Waals surface area contributed by atoms with Crippen LogP contribution >= 0.6 is 0 Å². The van der Waals surface area contributed by atoms with Crippen molar-refractivity contribution in [3.63, 3.8) is 0 Å². The SMILES string of the molecule is O=C(O)CCCC(=O)CNC(=O)Cc1ccccc1. The fraction of sp³-hybridized carbons (Fsp3) is 0.357. The number of carboxylic acid groups (broad SMARTS) is 1. The van der Waals surface area contributed by atoms with Crippen LogP contribution in [0.3, 0.4) is 0 Å². The van der Waals surface area contributed by atoms with Gasteiger partial charge in [0, 0.05) is 12.8 Å². The molecule has 0 aliphatic carbocycles. The maximum Gasteiger partial charge on any atom is 0.303 e. The summed E-state index contributed by atoms with van der Waals surface area (Å²) in [6.45, 7) is -0.0364. The largest absolute Gasteiger partial charge is 0.481 e. The molecule has 0 aliphatic rings. The lowest BCUT2D eigenvalue weighted by Gasteiger charge is -2.04. The highest BCUT2D eigenvalue weighted by Crippen LogP contribution is 1.99. The Balaban J connectivity index is 2.19. The number of carbonyl (C=O) groups is 3. The van der Waals surface area contributed by atoms with Gasteiger partial charge in [0.2, 0.25) is 5.91 Å². The van der Waals surface area contributed by atoms with E-state index in [0.29, 0.717) is 6.42 Å². The maximum absolute atomic E-state index is 11.5. The first-order valence-corrected chi connectivity index (χ1v) is 6.12. The van der Waals surface area contributed by atoms with E-state index < -0.39 is 5.97 Å². The van der Waals surface area contributed by atoms with Crippen LogP contribution < -0.4 is 5.32 Å². The average Bonchev–Trinajstić information content (AvgIpc) is 2.37. The number of carboxylic acids is 1. The van der Waals surface area contributed by atoms with E-state index in [0.717, 1.165) is 5.56 Å². The summed E-state index contributed by atoms with van der Waals surface area (Å²) in [5.41, 5.74) is 0.887. The third-order valence-corrected chi connectivity index (χ3v) is 2.54. The molecule has 1 amide bonds. The smallest absolute Gasteiger partial charge is 0.303 e. The Hall–Kier alpha value is -2.17. The van der Waals surface area contributed by atoms with Crippen LogP contribution in [0.25, 0.3) is 0 Å². The molecule has 5 nitrogen and oxygen atoms in total. The molecule has 0 atom stereocenters. The van der Waals surface area contributed by atoms with Crippen LogP contribution in [-0.2, 0) is 20.8 Å². The Labute approximate surface area is 111 Å². The van der Waals surface area contributed by atoms with E-state index in [-0.39, 0.29) is 37.5 Å². The molecule has 1 aromatic carbocycles. The van der Waals surface area contributed by atoms with E-state index in [1.165, 1.54) is 0 Å². The number of aliphatic carboxylic acids is 1. The first-order valence-electron chi connectivity index (χ1n) is 6.12. The number of amides is 1. The fourth-order valence-corrected chi connectivity index (χ4v) is 1.57. The minimum atomic E-state index is -0.916. The molecule has 1 rings (SSSR count). The van der Waals surface area contributed by atoms with E-state index in [2.05, 4.69) is 5.32 Å². The second-order valence-corrected chi connectivity index (χ2v) is 4.23. The molecule has 0 heterocycles. The van der Waals surface area contributed by atoms with Crippen molar-refractivity contribution >= 4 is 17.7 Å². The molecule has 0 saturated heterocycles. The first kappa shape index (κ1) is 14.9. The number of nitrogens with one attached hydrogen (secondary N) is 1. The number of Topliss-reactive ketones (excluding diaryl/α,β-unsaturated/α-hetero) is 1. The standard InChI is InChI=1S/C14H17NO4/c16-12(7-4-8-14(18)19)10-15-13(17)9-11-5-2-1-3-6-11/h1-3,5-6H,4,7-10H2,(H,15,17)(H,18,19). The number of hydrogen-bond donors (Lipinski definition) is 2. The predicted molar refractivity (Wildman–Crippen MR) is 69.6 cm³/mol. The van der Waals surface area contributed by atoms with Crippen molar-refractivity contribution in [3.05, 3.63) is 35.9 Å². The van der Waals surface area contributed by atoms with Gasteiger partial charge in [-0.3, -0.25) is 14.4 Å². The molecule has 0 aliphatic heterocycles. The van der Waals surface area contributed by atoms with Crippen molar-refractivity contribution in [2.75, 3.05) is 6.54 Å². The zero-order valence-corrected chi connectivity index (χ0v) is 10.6. The van der Waals surface area contributed by atoms with Gasteiger partial charge in [-0.25, -0.2) is 0 Å². The van der Waals surface area contributed by atoms with E-state index in [1.54, 1.807) is 0 Å². The first-order chi connectivity index (χ1) is 9.08. The summed E-state index contributed by atoms with van der Waals surface area (Å²) in [4.78, 5) is 33.2.